The van der Waals surface area contributed by atoms with Crippen LogP contribution in [0.25, 0.3) is 10.9 Å². The largest absolute Gasteiger partial charge is 0.507 e. The van der Waals surface area contributed by atoms with Crippen molar-refractivity contribution in [2.45, 2.75) is 26.2 Å². The molecule has 1 atom stereocenters. The molecule has 0 spiro atoms. The quantitative estimate of drug-likeness (QED) is 0.651. The van der Waals surface area contributed by atoms with E-state index in [1.54, 1.807) is 6.07 Å². The first-order valence-electron chi connectivity index (χ1n) is 6.22. The van der Waals surface area contributed by atoms with Crippen molar-refractivity contribution in [1.29, 1.82) is 0 Å². The van der Waals surface area contributed by atoms with Crippen LogP contribution in [-0.2, 0) is 6.42 Å². The molecule has 0 radical (unpaired) electrons. The van der Waals surface area contributed by atoms with Gasteiger partial charge in [0.1, 0.15) is 5.75 Å². The van der Waals surface area contributed by atoms with Crippen LogP contribution < -0.4 is 5.32 Å². The average molecular weight is 230 g/mol. The van der Waals surface area contributed by atoms with E-state index in [9.17, 15) is 5.11 Å². The second-order valence-electron chi connectivity index (χ2n) is 5.02. The van der Waals surface area contributed by atoms with Crippen LogP contribution in [0.1, 0.15) is 29.7 Å². The van der Waals surface area contributed by atoms with Crippen LogP contribution in [0.5, 0.6) is 5.75 Å². The summed E-state index contributed by atoms with van der Waals surface area (Å²) >= 11 is 0. The summed E-state index contributed by atoms with van der Waals surface area (Å²) < 4.78 is 0. The van der Waals surface area contributed by atoms with E-state index in [-0.39, 0.29) is 0 Å². The van der Waals surface area contributed by atoms with Crippen molar-refractivity contribution >= 4 is 10.9 Å². The predicted molar refractivity (Wildman–Crippen MR) is 69.7 cm³/mol. The summed E-state index contributed by atoms with van der Waals surface area (Å²) in [5.74, 6) is 0.871. The second-order valence-corrected chi connectivity index (χ2v) is 5.02. The average Bonchev–Trinajstić information content (AvgIpc) is 2.61. The zero-order valence-corrected chi connectivity index (χ0v) is 10.3. The van der Waals surface area contributed by atoms with Crippen molar-refractivity contribution in [3.8, 4) is 5.75 Å². The van der Waals surface area contributed by atoms with Crippen molar-refractivity contribution < 1.29 is 5.11 Å². The Morgan fingerprint density at radius 3 is 3.00 bits per heavy atom. The summed E-state index contributed by atoms with van der Waals surface area (Å²) in [6.07, 6.45) is 0.983. The third-order valence-corrected chi connectivity index (χ3v) is 3.77. The smallest absolute Gasteiger partial charge is 0.125 e. The van der Waals surface area contributed by atoms with Gasteiger partial charge in [0, 0.05) is 23.5 Å². The first kappa shape index (κ1) is 10.7. The zero-order valence-electron chi connectivity index (χ0n) is 10.3. The molecule has 3 rings (SSSR count). The van der Waals surface area contributed by atoms with E-state index in [0.29, 0.717) is 11.7 Å². The summed E-state index contributed by atoms with van der Waals surface area (Å²) in [6.45, 7) is 6.29. The molecule has 17 heavy (non-hydrogen) atoms. The molecule has 0 fully saturated rings. The Bertz CT molecular complexity index is 571. The SMILES string of the molecule is Cc1ccc(O)c2c3c([nH]c12)C(C)CNCC3. The number of hydrogen-bond donors (Lipinski definition) is 3. The molecule has 2 heterocycles. The topological polar surface area (TPSA) is 48.0 Å². The number of H-pyrrole nitrogens is 1. The van der Waals surface area contributed by atoms with Crippen molar-refractivity contribution in [3.63, 3.8) is 0 Å². The number of hydrogen-bond acceptors (Lipinski definition) is 2. The number of phenolic OH excluding ortho intramolecular Hbond substituents is 1. The molecule has 0 bridgehead atoms. The molecule has 3 N–H and O–H groups in total. The van der Waals surface area contributed by atoms with Gasteiger partial charge in [0.2, 0.25) is 0 Å². The highest BCUT2D eigenvalue weighted by Gasteiger charge is 2.21. The van der Waals surface area contributed by atoms with Gasteiger partial charge in [-0.2, -0.15) is 0 Å². The maximum atomic E-state index is 10.1. The van der Waals surface area contributed by atoms with Crippen molar-refractivity contribution in [3.05, 3.63) is 29.0 Å². The fourth-order valence-electron chi connectivity index (χ4n) is 2.82. The first-order valence-corrected chi connectivity index (χ1v) is 6.22. The number of phenols is 1. The third kappa shape index (κ3) is 1.53. The summed E-state index contributed by atoms with van der Waals surface area (Å²) in [5.41, 5.74) is 4.88. The van der Waals surface area contributed by atoms with E-state index >= 15 is 0 Å². The molecule has 0 saturated heterocycles. The number of benzene rings is 1. The predicted octanol–water partition coefficient (Wildman–Crippen LogP) is 2.43. The van der Waals surface area contributed by atoms with Gasteiger partial charge in [-0.25, -0.2) is 0 Å². The third-order valence-electron chi connectivity index (χ3n) is 3.77. The number of aromatic amines is 1. The summed E-state index contributed by atoms with van der Waals surface area (Å²) in [4.78, 5) is 3.51. The zero-order chi connectivity index (χ0) is 12.0. The highest BCUT2D eigenvalue weighted by Crippen LogP contribution is 2.36. The molecule has 1 aliphatic heterocycles. The van der Waals surface area contributed by atoms with Crippen LogP contribution in [0, 0.1) is 6.92 Å². The van der Waals surface area contributed by atoms with E-state index in [0.717, 1.165) is 30.4 Å². The van der Waals surface area contributed by atoms with Crippen molar-refractivity contribution in [1.82, 2.24) is 10.3 Å². The van der Waals surface area contributed by atoms with E-state index in [1.807, 2.05) is 6.07 Å². The molecule has 3 heteroatoms. The van der Waals surface area contributed by atoms with E-state index in [2.05, 4.69) is 24.1 Å². The molecule has 1 unspecified atom stereocenters. The molecule has 90 valence electrons. The Balaban J connectivity index is 2.35. The lowest BCUT2D eigenvalue weighted by Gasteiger charge is -2.07. The van der Waals surface area contributed by atoms with Gasteiger partial charge in [-0.3, -0.25) is 0 Å². The van der Waals surface area contributed by atoms with Gasteiger partial charge in [0.05, 0.1) is 5.52 Å². The summed E-state index contributed by atoms with van der Waals surface area (Å²) in [6, 6.07) is 3.77. The highest BCUT2D eigenvalue weighted by molar-refractivity contribution is 5.92. The number of aryl methyl sites for hydroxylation is 1. The van der Waals surface area contributed by atoms with Crippen molar-refractivity contribution in [2.24, 2.45) is 0 Å². The Morgan fingerprint density at radius 1 is 1.35 bits per heavy atom. The Morgan fingerprint density at radius 2 is 2.18 bits per heavy atom. The maximum absolute atomic E-state index is 10.1. The second kappa shape index (κ2) is 3.77. The summed E-state index contributed by atoms with van der Waals surface area (Å²) in [5, 5.41) is 14.5. The van der Waals surface area contributed by atoms with Gasteiger partial charge in [-0.15, -0.1) is 0 Å². The van der Waals surface area contributed by atoms with E-state index in [4.69, 9.17) is 0 Å². The van der Waals surface area contributed by atoms with Crippen molar-refractivity contribution in [2.75, 3.05) is 13.1 Å². The number of rotatable bonds is 0. The van der Waals surface area contributed by atoms with Crippen LogP contribution >= 0.6 is 0 Å². The molecule has 0 saturated carbocycles. The van der Waals surface area contributed by atoms with Gasteiger partial charge in [-0.05, 0) is 37.1 Å². The Hall–Kier alpha value is -1.48. The normalized spacial score (nSPS) is 20.2. The first-order chi connectivity index (χ1) is 8.18. The molecule has 1 aromatic heterocycles. The molecule has 0 aliphatic carbocycles. The Labute approximate surface area is 101 Å². The van der Waals surface area contributed by atoms with Crippen LogP contribution in [0.4, 0.5) is 0 Å². The molecular formula is C14H18N2O. The minimum absolute atomic E-state index is 0.400. The fourth-order valence-corrected chi connectivity index (χ4v) is 2.82. The fraction of sp³-hybridized carbons (Fsp3) is 0.429. The highest BCUT2D eigenvalue weighted by atomic mass is 16.3. The van der Waals surface area contributed by atoms with Gasteiger partial charge < -0.3 is 15.4 Å². The minimum atomic E-state index is 0.400. The van der Waals surface area contributed by atoms with E-state index < -0.39 is 0 Å². The van der Waals surface area contributed by atoms with E-state index in [1.165, 1.54) is 16.8 Å². The van der Waals surface area contributed by atoms with Gasteiger partial charge in [-0.1, -0.05) is 13.0 Å². The number of fused-ring (bicyclic) bond motifs is 3. The van der Waals surface area contributed by atoms with Gasteiger partial charge >= 0.3 is 0 Å². The molecule has 1 aromatic carbocycles. The Kier molecular flexibility index (Phi) is 2.37. The van der Waals surface area contributed by atoms with Crippen LogP contribution in [0.2, 0.25) is 0 Å². The van der Waals surface area contributed by atoms with Gasteiger partial charge in [0.15, 0.2) is 0 Å². The summed E-state index contributed by atoms with van der Waals surface area (Å²) in [7, 11) is 0. The number of aromatic nitrogens is 1. The lowest BCUT2D eigenvalue weighted by atomic mass is 10.0. The number of aromatic hydroxyl groups is 1. The number of nitrogens with one attached hydrogen (secondary N) is 2. The van der Waals surface area contributed by atoms with Crippen LogP contribution in [0.15, 0.2) is 12.1 Å². The van der Waals surface area contributed by atoms with Crippen LogP contribution in [-0.4, -0.2) is 23.2 Å². The monoisotopic (exact) mass is 230 g/mol. The molecule has 3 nitrogen and oxygen atoms in total. The molecule has 0 amide bonds. The molecular weight excluding hydrogens is 212 g/mol. The van der Waals surface area contributed by atoms with Gasteiger partial charge in [0.25, 0.3) is 0 Å². The molecule has 1 aliphatic rings. The standard InChI is InChI=1S/C14H18N2O/c1-8-3-4-11(17)12-10-5-6-15-7-9(2)13(10)16-14(8)12/h3-4,9,15-17H,5-7H2,1-2H3. The lowest BCUT2D eigenvalue weighted by Crippen LogP contribution is -2.18. The maximum Gasteiger partial charge on any atom is 0.125 e. The lowest BCUT2D eigenvalue weighted by molar-refractivity contribution is 0.481. The minimum Gasteiger partial charge on any atom is -0.507 e. The van der Waals surface area contributed by atoms with Crippen LogP contribution in [0.3, 0.4) is 0 Å². The molecule has 2 aromatic rings.